The molecular formula is C9H12N8O. The number of nitrogens with zero attached hydrogens (tertiary/aromatic N) is 7. The van der Waals surface area contributed by atoms with E-state index in [1.165, 1.54) is 11.0 Å². The van der Waals surface area contributed by atoms with Crippen molar-refractivity contribution in [2.75, 3.05) is 12.3 Å². The van der Waals surface area contributed by atoms with Gasteiger partial charge in [0.25, 0.3) is 0 Å². The minimum absolute atomic E-state index is 0.0332. The Hall–Kier alpha value is -2.45. The summed E-state index contributed by atoms with van der Waals surface area (Å²) in [5.74, 6) is 0.933. The molecule has 0 radical (unpaired) electrons. The molecule has 94 valence electrons. The Balaban J connectivity index is 1.67. The van der Waals surface area contributed by atoms with E-state index < -0.39 is 0 Å². The summed E-state index contributed by atoms with van der Waals surface area (Å²) in [5, 5.41) is 11.7. The number of nitrogen functional groups attached to an aromatic ring is 1. The Morgan fingerprint density at radius 3 is 3.06 bits per heavy atom. The van der Waals surface area contributed by atoms with Gasteiger partial charge in [0.05, 0.1) is 6.54 Å². The van der Waals surface area contributed by atoms with E-state index in [0.717, 1.165) is 5.82 Å². The van der Waals surface area contributed by atoms with Gasteiger partial charge >= 0.3 is 0 Å². The molecule has 1 amide bonds. The number of rotatable bonds is 2. The molecule has 0 saturated heterocycles. The van der Waals surface area contributed by atoms with Crippen LogP contribution in [0.4, 0.5) is 5.95 Å². The summed E-state index contributed by atoms with van der Waals surface area (Å²) in [6, 6.07) is 0. The highest BCUT2D eigenvalue weighted by atomic mass is 16.2. The van der Waals surface area contributed by atoms with Crippen molar-refractivity contribution in [1.29, 1.82) is 0 Å². The summed E-state index contributed by atoms with van der Waals surface area (Å²) >= 11 is 0. The number of nitrogens with two attached hydrogens (primary N) is 1. The maximum absolute atomic E-state index is 12.0. The van der Waals surface area contributed by atoms with Gasteiger partial charge in [-0.1, -0.05) is 0 Å². The lowest BCUT2D eigenvalue weighted by atomic mass is 10.3. The molecule has 3 rings (SSSR count). The summed E-state index contributed by atoms with van der Waals surface area (Å²) in [4.78, 5) is 17.5. The Bertz CT molecular complexity index is 573. The van der Waals surface area contributed by atoms with E-state index in [1.54, 1.807) is 11.2 Å². The molecule has 2 aromatic heterocycles. The second-order valence-corrected chi connectivity index (χ2v) is 4.06. The van der Waals surface area contributed by atoms with E-state index in [4.69, 9.17) is 5.73 Å². The first-order valence-corrected chi connectivity index (χ1v) is 5.52. The van der Waals surface area contributed by atoms with E-state index in [2.05, 4.69) is 20.3 Å². The molecule has 0 aliphatic carbocycles. The summed E-state index contributed by atoms with van der Waals surface area (Å²) in [7, 11) is 0. The van der Waals surface area contributed by atoms with Gasteiger partial charge in [-0.05, 0) is 0 Å². The molecule has 2 aromatic rings. The van der Waals surface area contributed by atoms with Gasteiger partial charge in [-0.3, -0.25) is 4.79 Å². The second kappa shape index (κ2) is 4.09. The zero-order chi connectivity index (χ0) is 12.5. The number of amides is 1. The van der Waals surface area contributed by atoms with Crippen molar-refractivity contribution in [1.82, 2.24) is 34.4 Å². The van der Waals surface area contributed by atoms with Crippen LogP contribution in [0.15, 0.2) is 12.7 Å². The maximum Gasteiger partial charge on any atom is 0.244 e. The minimum atomic E-state index is -0.0332. The highest BCUT2D eigenvalue weighted by molar-refractivity contribution is 5.75. The summed E-state index contributed by atoms with van der Waals surface area (Å²) in [6.45, 7) is 1.98. The van der Waals surface area contributed by atoms with Gasteiger partial charge in [0.15, 0.2) is 5.82 Å². The molecule has 2 N–H and O–H groups in total. The summed E-state index contributed by atoms with van der Waals surface area (Å²) in [6.07, 6.45) is 3.12. The molecule has 1 aliphatic rings. The Labute approximate surface area is 102 Å². The van der Waals surface area contributed by atoms with Crippen LogP contribution in [-0.4, -0.2) is 46.9 Å². The van der Waals surface area contributed by atoms with E-state index in [9.17, 15) is 4.79 Å². The largest absolute Gasteiger partial charge is 0.367 e. The predicted molar refractivity (Wildman–Crippen MR) is 59.9 cm³/mol. The van der Waals surface area contributed by atoms with Crippen LogP contribution in [0.1, 0.15) is 5.82 Å². The van der Waals surface area contributed by atoms with Gasteiger partial charge in [-0.15, -0.1) is 15.3 Å². The van der Waals surface area contributed by atoms with Gasteiger partial charge in [0.2, 0.25) is 11.9 Å². The second-order valence-electron chi connectivity index (χ2n) is 4.06. The molecule has 9 heteroatoms. The highest BCUT2D eigenvalue weighted by Gasteiger charge is 2.22. The Morgan fingerprint density at radius 2 is 2.28 bits per heavy atom. The molecule has 0 atom stereocenters. The first kappa shape index (κ1) is 10.7. The number of carbonyl (C=O) groups is 1. The van der Waals surface area contributed by atoms with Gasteiger partial charge in [0, 0.05) is 13.1 Å². The van der Waals surface area contributed by atoms with Crippen molar-refractivity contribution in [2.45, 2.75) is 19.6 Å². The predicted octanol–water partition coefficient (Wildman–Crippen LogP) is -1.51. The van der Waals surface area contributed by atoms with Gasteiger partial charge in [0.1, 0.15) is 19.2 Å². The Morgan fingerprint density at radius 1 is 1.39 bits per heavy atom. The number of carbonyl (C=O) groups excluding carboxylic acids is 1. The normalized spacial score (nSPS) is 14.6. The molecule has 0 unspecified atom stereocenters. The third-order valence-electron chi connectivity index (χ3n) is 2.84. The first-order valence-electron chi connectivity index (χ1n) is 5.52. The molecule has 18 heavy (non-hydrogen) atoms. The molecule has 3 heterocycles. The van der Waals surface area contributed by atoms with Crippen LogP contribution < -0.4 is 5.73 Å². The van der Waals surface area contributed by atoms with Crippen molar-refractivity contribution in [3.8, 4) is 0 Å². The molecule has 0 fully saturated rings. The van der Waals surface area contributed by atoms with E-state index >= 15 is 0 Å². The van der Waals surface area contributed by atoms with Crippen molar-refractivity contribution in [2.24, 2.45) is 0 Å². The quantitative estimate of drug-likeness (QED) is 0.692. The van der Waals surface area contributed by atoms with Crippen LogP contribution in [0.25, 0.3) is 0 Å². The highest BCUT2D eigenvalue weighted by Crippen LogP contribution is 2.09. The zero-order valence-corrected chi connectivity index (χ0v) is 9.60. The van der Waals surface area contributed by atoms with Crippen LogP contribution in [0.3, 0.4) is 0 Å². The average Bonchev–Trinajstić information content (AvgIpc) is 2.96. The SMILES string of the molecule is Nc1ncn(CC(=O)N2CCn3cnnc3C2)n1. The molecule has 0 bridgehead atoms. The molecular weight excluding hydrogens is 236 g/mol. The summed E-state index contributed by atoms with van der Waals surface area (Å²) < 4.78 is 3.37. The lowest BCUT2D eigenvalue weighted by molar-refractivity contribution is -0.133. The average molecular weight is 248 g/mol. The molecule has 1 aliphatic heterocycles. The fourth-order valence-corrected chi connectivity index (χ4v) is 1.90. The fraction of sp³-hybridized carbons (Fsp3) is 0.444. The Kier molecular flexibility index (Phi) is 2.43. The zero-order valence-electron chi connectivity index (χ0n) is 9.60. The third-order valence-corrected chi connectivity index (χ3v) is 2.84. The van der Waals surface area contributed by atoms with Crippen LogP contribution in [0, 0.1) is 0 Å². The number of anilines is 1. The van der Waals surface area contributed by atoms with Crippen molar-refractivity contribution >= 4 is 11.9 Å². The molecule has 0 spiro atoms. The lowest BCUT2D eigenvalue weighted by Gasteiger charge is -2.26. The van der Waals surface area contributed by atoms with Gasteiger partial charge in [-0.25, -0.2) is 9.67 Å². The van der Waals surface area contributed by atoms with E-state index in [0.29, 0.717) is 19.6 Å². The molecule has 0 saturated carbocycles. The topological polar surface area (TPSA) is 108 Å². The van der Waals surface area contributed by atoms with E-state index in [1.807, 2.05) is 4.57 Å². The van der Waals surface area contributed by atoms with Crippen molar-refractivity contribution in [3.05, 3.63) is 18.5 Å². The lowest BCUT2D eigenvalue weighted by Crippen LogP contribution is -2.40. The van der Waals surface area contributed by atoms with Crippen LogP contribution >= 0.6 is 0 Å². The van der Waals surface area contributed by atoms with Gasteiger partial charge < -0.3 is 15.2 Å². The maximum atomic E-state index is 12.0. The minimum Gasteiger partial charge on any atom is -0.367 e. The first-order chi connectivity index (χ1) is 8.72. The summed E-state index contributed by atoms with van der Waals surface area (Å²) in [5.41, 5.74) is 5.39. The fourth-order valence-electron chi connectivity index (χ4n) is 1.90. The van der Waals surface area contributed by atoms with E-state index in [-0.39, 0.29) is 18.4 Å². The smallest absolute Gasteiger partial charge is 0.244 e. The van der Waals surface area contributed by atoms with Crippen LogP contribution in [-0.2, 0) is 24.4 Å². The van der Waals surface area contributed by atoms with Gasteiger partial charge in [-0.2, -0.15) is 0 Å². The number of fused-ring (bicyclic) bond motifs is 1. The van der Waals surface area contributed by atoms with Crippen molar-refractivity contribution in [3.63, 3.8) is 0 Å². The monoisotopic (exact) mass is 248 g/mol. The molecule has 0 aromatic carbocycles. The third kappa shape index (κ3) is 1.90. The number of aromatic nitrogens is 6. The number of hydrogen-bond donors (Lipinski definition) is 1. The van der Waals surface area contributed by atoms with Crippen LogP contribution in [0.2, 0.25) is 0 Å². The molecule has 9 nitrogen and oxygen atoms in total. The number of hydrogen-bond acceptors (Lipinski definition) is 6. The van der Waals surface area contributed by atoms with Crippen molar-refractivity contribution < 1.29 is 4.79 Å². The standard InChI is InChI=1S/C9H12N8O/c10-9-11-5-17(14-9)4-8(18)15-1-2-16-6-12-13-7(16)3-15/h5-6H,1-4H2,(H2,10,14). The van der Waals surface area contributed by atoms with Crippen LogP contribution in [0.5, 0.6) is 0 Å².